The number of ether oxygens (including phenoxy) is 1. The molecule has 2 N–H and O–H groups in total. The summed E-state index contributed by atoms with van der Waals surface area (Å²) in [6.07, 6.45) is 12.1. The van der Waals surface area contributed by atoms with Gasteiger partial charge in [-0.15, -0.1) is 0 Å². The van der Waals surface area contributed by atoms with E-state index >= 15 is 0 Å². The predicted molar refractivity (Wildman–Crippen MR) is 143 cm³/mol. The summed E-state index contributed by atoms with van der Waals surface area (Å²) in [6, 6.07) is 3.12. The maximum Gasteiger partial charge on any atom is 0.250 e. The topological polar surface area (TPSA) is 115 Å². The van der Waals surface area contributed by atoms with E-state index in [0.717, 1.165) is 49.4 Å². The van der Waals surface area contributed by atoms with Gasteiger partial charge in [-0.2, -0.15) is 0 Å². The Labute approximate surface area is 217 Å². The second-order valence-electron chi connectivity index (χ2n) is 10.2. The zero-order valence-electron chi connectivity index (χ0n) is 21.8. The first kappa shape index (κ1) is 25.1. The number of nitrogens with zero attached hydrogens (tertiary/aromatic N) is 7. The van der Waals surface area contributed by atoms with E-state index < -0.39 is 0 Å². The summed E-state index contributed by atoms with van der Waals surface area (Å²) in [7, 11) is 0. The van der Waals surface area contributed by atoms with Gasteiger partial charge in [0.05, 0.1) is 42.6 Å². The lowest BCUT2D eigenvalue weighted by molar-refractivity contribution is 0.132. The lowest BCUT2D eigenvalue weighted by Gasteiger charge is -2.35. The zero-order valence-corrected chi connectivity index (χ0v) is 21.8. The van der Waals surface area contributed by atoms with E-state index in [2.05, 4.69) is 38.7 Å². The molecule has 3 aromatic rings. The number of nitrogens with two attached hydrogens (primary N) is 1. The van der Waals surface area contributed by atoms with Gasteiger partial charge in [0.2, 0.25) is 5.95 Å². The highest BCUT2D eigenvalue weighted by Gasteiger charge is 2.33. The van der Waals surface area contributed by atoms with Crippen molar-refractivity contribution in [3.05, 3.63) is 64.7 Å². The Bertz CT molecular complexity index is 1240. The van der Waals surface area contributed by atoms with Crippen molar-refractivity contribution >= 4 is 11.8 Å². The maximum absolute atomic E-state index is 12.4. The molecule has 2 saturated heterocycles. The molecule has 5 heterocycles. The molecule has 5 rings (SSSR count). The number of hydrogen-bond donors (Lipinski definition) is 1. The average molecular weight is 505 g/mol. The fourth-order valence-electron chi connectivity index (χ4n) is 5.28. The number of anilines is 2. The van der Waals surface area contributed by atoms with E-state index in [-0.39, 0.29) is 23.7 Å². The molecule has 10 heteroatoms. The van der Waals surface area contributed by atoms with E-state index in [9.17, 15) is 4.79 Å². The molecule has 0 spiro atoms. The molecule has 3 aromatic heterocycles. The third-order valence-corrected chi connectivity index (χ3v) is 7.58. The third kappa shape index (κ3) is 5.58. The first-order valence-corrected chi connectivity index (χ1v) is 13.1. The van der Waals surface area contributed by atoms with Crippen molar-refractivity contribution in [2.45, 2.75) is 58.2 Å². The van der Waals surface area contributed by atoms with Crippen molar-refractivity contribution in [1.29, 1.82) is 0 Å². The van der Waals surface area contributed by atoms with Gasteiger partial charge in [0.1, 0.15) is 5.82 Å². The van der Waals surface area contributed by atoms with Gasteiger partial charge < -0.3 is 24.8 Å². The second-order valence-corrected chi connectivity index (χ2v) is 10.2. The Morgan fingerprint density at radius 3 is 2.46 bits per heavy atom. The number of aryl methyl sites for hydroxylation is 2. The van der Waals surface area contributed by atoms with Gasteiger partial charge in [-0.3, -0.25) is 9.78 Å². The van der Waals surface area contributed by atoms with Crippen molar-refractivity contribution in [2.24, 2.45) is 11.7 Å². The van der Waals surface area contributed by atoms with Crippen LogP contribution in [0.25, 0.3) is 0 Å². The zero-order chi connectivity index (χ0) is 25.9. The predicted octanol–water partition coefficient (Wildman–Crippen LogP) is 2.37. The van der Waals surface area contributed by atoms with Crippen LogP contribution in [0.15, 0.2) is 47.9 Å². The van der Waals surface area contributed by atoms with E-state index in [4.69, 9.17) is 10.5 Å². The molecule has 0 bridgehead atoms. The van der Waals surface area contributed by atoms with Crippen molar-refractivity contribution in [1.82, 2.24) is 24.5 Å². The van der Waals surface area contributed by atoms with Crippen molar-refractivity contribution in [2.75, 3.05) is 36.0 Å². The number of hydrogen-bond acceptors (Lipinski definition) is 9. The number of piperidine rings is 1. The molecule has 0 saturated carbocycles. The standard InChI is InChI=1S/C27H36N8O2/c1-4-21-11-30-25(14-29-21)33-9-7-20(8-10-33)19(3)37-22-12-31-27(32-13-22)34-16-23(28)24(17-34)35-15-18(2)5-6-26(35)36/h5-6,11-15,19-20,23-24H,4,7-10,16-17,28H2,1-3H3. The summed E-state index contributed by atoms with van der Waals surface area (Å²) >= 11 is 0. The van der Waals surface area contributed by atoms with Crippen molar-refractivity contribution < 1.29 is 4.74 Å². The van der Waals surface area contributed by atoms with Gasteiger partial charge in [-0.1, -0.05) is 13.0 Å². The summed E-state index contributed by atoms with van der Waals surface area (Å²) in [5, 5.41) is 0. The fourth-order valence-corrected chi connectivity index (χ4v) is 5.28. The molecule has 3 unspecified atom stereocenters. The lowest BCUT2D eigenvalue weighted by Crippen LogP contribution is -2.39. The minimum absolute atomic E-state index is 0.0419. The van der Waals surface area contributed by atoms with Gasteiger partial charge >= 0.3 is 0 Å². The summed E-state index contributed by atoms with van der Waals surface area (Å²) in [5.41, 5.74) is 8.41. The normalized spacial score (nSPS) is 21.3. The Morgan fingerprint density at radius 1 is 1.03 bits per heavy atom. The summed E-state index contributed by atoms with van der Waals surface area (Å²) < 4.78 is 7.96. The minimum Gasteiger partial charge on any atom is -0.487 e. The average Bonchev–Trinajstić information content (AvgIpc) is 3.31. The quantitative estimate of drug-likeness (QED) is 0.518. The van der Waals surface area contributed by atoms with Crippen LogP contribution in [-0.4, -0.2) is 62.8 Å². The largest absolute Gasteiger partial charge is 0.487 e. The molecule has 0 radical (unpaired) electrons. The van der Waals surface area contributed by atoms with Gasteiger partial charge in [0, 0.05) is 44.5 Å². The first-order valence-electron chi connectivity index (χ1n) is 13.1. The second kappa shape index (κ2) is 10.8. The number of aromatic nitrogens is 5. The summed E-state index contributed by atoms with van der Waals surface area (Å²) in [6.45, 7) is 9.23. The Kier molecular flexibility index (Phi) is 7.36. The van der Waals surface area contributed by atoms with E-state index in [1.165, 1.54) is 0 Å². The Morgan fingerprint density at radius 2 is 1.78 bits per heavy atom. The molecule has 0 amide bonds. The molecule has 2 aliphatic rings. The van der Waals surface area contributed by atoms with Crippen LogP contribution in [0.5, 0.6) is 5.75 Å². The Hall–Kier alpha value is -3.53. The molecule has 0 aromatic carbocycles. The van der Waals surface area contributed by atoms with Crippen LogP contribution in [0.1, 0.15) is 44.0 Å². The molecule has 3 atom stereocenters. The highest BCUT2D eigenvalue weighted by molar-refractivity contribution is 5.37. The highest BCUT2D eigenvalue weighted by atomic mass is 16.5. The van der Waals surface area contributed by atoms with Crippen molar-refractivity contribution in [3.63, 3.8) is 0 Å². The van der Waals surface area contributed by atoms with Crippen LogP contribution >= 0.6 is 0 Å². The number of rotatable bonds is 7. The van der Waals surface area contributed by atoms with Crippen LogP contribution < -0.4 is 25.8 Å². The number of pyridine rings is 1. The molecule has 196 valence electrons. The molecule has 2 fully saturated rings. The monoisotopic (exact) mass is 504 g/mol. The lowest BCUT2D eigenvalue weighted by atomic mass is 9.92. The minimum atomic E-state index is -0.180. The van der Waals surface area contributed by atoms with Gasteiger partial charge in [-0.05, 0) is 44.6 Å². The molecule has 2 aliphatic heterocycles. The van der Waals surface area contributed by atoms with Crippen LogP contribution in [0.2, 0.25) is 0 Å². The van der Waals surface area contributed by atoms with Crippen LogP contribution in [0.3, 0.4) is 0 Å². The van der Waals surface area contributed by atoms with E-state index in [1.807, 2.05) is 36.5 Å². The first-order chi connectivity index (χ1) is 17.9. The maximum atomic E-state index is 12.4. The SMILES string of the molecule is CCc1cnc(N2CCC(C(C)Oc3cnc(N4CC(N)C(n5cc(C)ccc5=O)C4)nc3)CC2)cn1. The smallest absolute Gasteiger partial charge is 0.250 e. The Balaban J connectivity index is 1.15. The van der Waals surface area contributed by atoms with Gasteiger partial charge in [0.15, 0.2) is 5.75 Å². The molecule has 37 heavy (non-hydrogen) atoms. The van der Waals surface area contributed by atoms with E-state index in [0.29, 0.717) is 30.7 Å². The molecule has 0 aliphatic carbocycles. The van der Waals surface area contributed by atoms with Gasteiger partial charge in [0.25, 0.3) is 5.56 Å². The van der Waals surface area contributed by atoms with Gasteiger partial charge in [-0.25, -0.2) is 15.0 Å². The highest BCUT2D eigenvalue weighted by Crippen LogP contribution is 2.28. The van der Waals surface area contributed by atoms with E-state index in [1.54, 1.807) is 23.0 Å². The summed E-state index contributed by atoms with van der Waals surface area (Å²) in [5.74, 6) is 2.66. The van der Waals surface area contributed by atoms with Crippen LogP contribution in [0.4, 0.5) is 11.8 Å². The van der Waals surface area contributed by atoms with Crippen LogP contribution in [-0.2, 0) is 6.42 Å². The summed E-state index contributed by atoms with van der Waals surface area (Å²) in [4.78, 5) is 34.9. The van der Waals surface area contributed by atoms with Crippen molar-refractivity contribution in [3.8, 4) is 5.75 Å². The molecule has 10 nitrogen and oxygen atoms in total. The molecular formula is C27H36N8O2. The third-order valence-electron chi connectivity index (χ3n) is 7.58. The van der Waals surface area contributed by atoms with Crippen LogP contribution in [0, 0.1) is 12.8 Å². The fraction of sp³-hybridized carbons (Fsp3) is 0.519. The molecular weight excluding hydrogens is 468 g/mol.